The van der Waals surface area contributed by atoms with Gasteiger partial charge in [-0.05, 0) is 43.2 Å². The Kier molecular flexibility index (Phi) is 9.66. The average Bonchev–Trinajstić information content (AvgIpc) is 2.94. The SMILES string of the molecule is CCCCC1CC(c2ccccc2)c2cc(SC)c(O/C=C(\F)C(=O)OCC)cc2S(O)(O)N1C. The molecule has 0 fully saturated rings. The van der Waals surface area contributed by atoms with Crippen LogP contribution in [-0.4, -0.2) is 45.3 Å². The molecule has 2 N–H and O–H groups in total. The Morgan fingerprint density at radius 1 is 1.26 bits per heavy atom. The standard InChI is InChI=1S/C26H34FNO5S2/c1-5-7-13-19-14-20(18-11-9-8-10-12-18)21-15-24(34-4)23(16-25(21)35(30,31)28(19)3)33-17-22(27)26(29)32-6-2/h8-12,15-17,19-20,30-31H,5-7,13-14H2,1-4H3/b22-17-. The third-order valence-corrected chi connectivity index (χ3v) is 9.05. The molecule has 2 atom stereocenters. The number of fused-ring (bicyclic) bond motifs is 1. The molecule has 0 spiro atoms. The maximum atomic E-state index is 14.1. The fraction of sp³-hybridized carbons (Fsp3) is 0.423. The number of benzene rings is 2. The van der Waals surface area contributed by atoms with Crippen molar-refractivity contribution in [2.24, 2.45) is 0 Å². The number of rotatable bonds is 9. The second-order valence-electron chi connectivity index (χ2n) is 8.41. The summed E-state index contributed by atoms with van der Waals surface area (Å²) in [5.41, 5.74) is 1.91. The van der Waals surface area contributed by atoms with Crippen LogP contribution in [0.4, 0.5) is 4.39 Å². The zero-order valence-corrected chi connectivity index (χ0v) is 22.2. The molecule has 3 rings (SSSR count). The van der Waals surface area contributed by atoms with Crippen molar-refractivity contribution in [2.75, 3.05) is 19.9 Å². The number of hydrogen-bond donors (Lipinski definition) is 2. The van der Waals surface area contributed by atoms with Crippen molar-refractivity contribution < 1.29 is 27.8 Å². The zero-order chi connectivity index (χ0) is 25.6. The average molecular weight is 524 g/mol. The van der Waals surface area contributed by atoms with E-state index in [4.69, 9.17) is 4.74 Å². The van der Waals surface area contributed by atoms with Crippen LogP contribution in [0.25, 0.3) is 0 Å². The lowest BCUT2D eigenvalue weighted by atomic mass is 9.84. The van der Waals surface area contributed by atoms with Gasteiger partial charge in [-0.1, -0.05) is 50.1 Å². The molecule has 0 amide bonds. The smallest absolute Gasteiger partial charge is 0.370 e. The molecule has 2 aromatic carbocycles. The Morgan fingerprint density at radius 2 is 1.97 bits per heavy atom. The highest BCUT2D eigenvalue weighted by atomic mass is 32.3. The molecule has 0 radical (unpaired) electrons. The van der Waals surface area contributed by atoms with E-state index in [1.807, 2.05) is 30.5 Å². The summed E-state index contributed by atoms with van der Waals surface area (Å²) in [5.74, 6) is -2.10. The minimum Gasteiger partial charge on any atom is -0.461 e. The van der Waals surface area contributed by atoms with E-state index in [1.54, 1.807) is 24.3 Å². The fourth-order valence-electron chi connectivity index (χ4n) is 4.33. The Hall–Kier alpha value is -2.04. The van der Waals surface area contributed by atoms with Gasteiger partial charge in [-0.25, -0.2) is 9.10 Å². The van der Waals surface area contributed by atoms with Crippen molar-refractivity contribution in [2.45, 2.75) is 61.3 Å². The van der Waals surface area contributed by atoms with Gasteiger partial charge in [-0.2, -0.15) is 4.39 Å². The van der Waals surface area contributed by atoms with Gasteiger partial charge in [0.25, 0.3) is 0 Å². The summed E-state index contributed by atoms with van der Waals surface area (Å²) < 4.78 is 49.0. The highest BCUT2D eigenvalue weighted by Gasteiger charge is 2.39. The molecule has 35 heavy (non-hydrogen) atoms. The molecule has 0 aliphatic carbocycles. The first-order chi connectivity index (χ1) is 16.7. The monoisotopic (exact) mass is 523 g/mol. The lowest BCUT2D eigenvalue weighted by Crippen LogP contribution is -2.33. The summed E-state index contributed by atoms with van der Waals surface area (Å²) in [6, 6.07) is 13.5. The van der Waals surface area contributed by atoms with Crippen molar-refractivity contribution in [3.8, 4) is 5.75 Å². The highest BCUT2D eigenvalue weighted by Crippen LogP contribution is 2.60. The van der Waals surface area contributed by atoms with E-state index in [0.29, 0.717) is 16.1 Å². The maximum Gasteiger partial charge on any atom is 0.370 e. The van der Waals surface area contributed by atoms with E-state index >= 15 is 0 Å². The Labute approximate surface area is 213 Å². The van der Waals surface area contributed by atoms with Crippen LogP contribution in [0.1, 0.15) is 56.6 Å². The summed E-state index contributed by atoms with van der Waals surface area (Å²) >= 11 is 1.40. The first kappa shape index (κ1) is 27.5. The molecule has 192 valence electrons. The van der Waals surface area contributed by atoms with Crippen molar-refractivity contribution >= 4 is 28.5 Å². The van der Waals surface area contributed by atoms with Gasteiger partial charge in [0.05, 0.1) is 16.4 Å². The van der Waals surface area contributed by atoms with Crippen LogP contribution in [0.3, 0.4) is 0 Å². The van der Waals surface area contributed by atoms with Crippen LogP contribution in [0.2, 0.25) is 0 Å². The van der Waals surface area contributed by atoms with E-state index in [2.05, 4.69) is 23.8 Å². The van der Waals surface area contributed by atoms with Gasteiger partial charge in [0.1, 0.15) is 12.0 Å². The number of unbranched alkanes of at least 4 members (excludes halogenated alkanes) is 1. The molecular weight excluding hydrogens is 489 g/mol. The maximum absolute atomic E-state index is 14.1. The quantitative estimate of drug-likeness (QED) is 0.156. The van der Waals surface area contributed by atoms with Crippen LogP contribution in [0, 0.1) is 0 Å². The first-order valence-electron chi connectivity index (χ1n) is 11.7. The number of carbonyl (C=O) groups excluding carboxylic acids is 1. The number of hydrogen-bond acceptors (Lipinski definition) is 7. The number of ether oxygens (including phenoxy) is 2. The highest BCUT2D eigenvalue weighted by molar-refractivity contribution is 8.22. The van der Waals surface area contributed by atoms with E-state index in [0.717, 1.165) is 36.8 Å². The fourth-order valence-corrected chi connectivity index (χ4v) is 6.59. The predicted molar refractivity (Wildman–Crippen MR) is 140 cm³/mol. The predicted octanol–water partition coefficient (Wildman–Crippen LogP) is 7.21. The number of esters is 1. The van der Waals surface area contributed by atoms with Gasteiger partial charge in [0.2, 0.25) is 5.83 Å². The normalized spacial score (nSPS) is 21.1. The van der Waals surface area contributed by atoms with Crippen molar-refractivity contribution in [1.82, 2.24) is 4.31 Å². The van der Waals surface area contributed by atoms with E-state index < -0.39 is 22.6 Å². The van der Waals surface area contributed by atoms with Crippen molar-refractivity contribution in [1.29, 1.82) is 0 Å². The molecule has 6 nitrogen and oxygen atoms in total. The van der Waals surface area contributed by atoms with E-state index in [9.17, 15) is 18.3 Å². The minimum atomic E-state index is -3.35. The minimum absolute atomic E-state index is 0.0409. The van der Waals surface area contributed by atoms with E-state index in [1.165, 1.54) is 11.8 Å². The number of nitrogens with zero attached hydrogens (tertiary/aromatic N) is 1. The number of thioether (sulfide) groups is 1. The Balaban J connectivity index is 2.13. The first-order valence-corrected chi connectivity index (χ1v) is 14.4. The van der Waals surface area contributed by atoms with Crippen LogP contribution >= 0.6 is 22.5 Å². The molecule has 0 bridgehead atoms. The third-order valence-electron chi connectivity index (χ3n) is 6.24. The van der Waals surface area contributed by atoms with Crippen molar-refractivity contribution in [3.63, 3.8) is 0 Å². The largest absolute Gasteiger partial charge is 0.461 e. The van der Waals surface area contributed by atoms with Gasteiger partial charge in [0.15, 0.2) is 0 Å². The summed E-state index contributed by atoms with van der Waals surface area (Å²) in [6.07, 6.45) is 6.12. The van der Waals surface area contributed by atoms with Gasteiger partial charge < -0.3 is 9.47 Å². The lowest BCUT2D eigenvalue weighted by molar-refractivity contribution is -0.140. The lowest BCUT2D eigenvalue weighted by Gasteiger charge is -2.43. The van der Waals surface area contributed by atoms with Crippen LogP contribution in [-0.2, 0) is 9.53 Å². The summed E-state index contributed by atoms with van der Waals surface area (Å²) in [7, 11) is -1.60. The van der Waals surface area contributed by atoms with Crippen LogP contribution in [0.15, 0.2) is 64.3 Å². The van der Waals surface area contributed by atoms with Crippen LogP contribution < -0.4 is 4.74 Å². The molecule has 1 heterocycles. The van der Waals surface area contributed by atoms with Crippen molar-refractivity contribution in [3.05, 3.63) is 65.7 Å². The molecule has 2 unspecified atom stereocenters. The second-order valence-corrected chi connectivity index (χ2v) is 11.3. The number of halogens is 1. The topological polar surface area (TPSA) is 79.2 Å². The van der Waals surface area contributed by atoms with E-state index in [-0.39, 0.29) is 24.3 Å². The summed E-state index contributed by atoms with van der Waals surface area (Å²) in [4.78, 5) is 12.7. The molecule has 2 aromatic rings. The van der Waals surface area contributed by atoms with Gasteiger partial charge in [-0.15, -0.1) is 22.5 Å². The second kappa shape index (κ2) is 12.3. The Morgan fingerprint density at radius 3 is 2.60 bits per heavy atom. The van der Waals surface area contributed by atoms with Gasteiger partial charge >= 0.3 is 5.97 Å². The number of carbonyl (C=O) groups is 1. The van der Waals surface area contributed by atoms with Gasteiger partial charge in [0, 0.05) is 25.1 Å². The molecule has 1 aliphatic rings. The molecule has 0 aromatic heterocycles. The Bertz CT molecular complexity index is 1050. The zero-order valence-electron chi connectivity index (χ0n) is 20.6. The molecule has 1 aliphatic heterocycles. The summed E-state index contributed by atoms with van der Waals surface area (Å²) in [6.45, 7) is 3.75. The molecule has 9 heteroatoms. The molecule has 0 saturated carbocycles. The van der Waals surface area contributed by atoms with Crippen LogP contribution in [0.5, 0.6) is 5.75 Å². The van der Waals surface area contributed by atoms with Gasteiger partial charge in [-0.3, -0.25) is 9.11 Å². The molecular formula is C26H34FNO5S2. The molecule has 0 saturated heterocycles. The summed E-state index contributed by atoms with van der Waals surface area (Å²) in [5, 5.41) is 0. The third kappa shape index (κ3) is 6.21.